The van der Waals surface area contributed by atoms with Crippen LogP contribution in [0.4, 0.5) is 0 Å². The molecule has 1 aromatic rings. The average Bonchev–Trinajstić information content (AvgIpc) is 3.11. The van der Waals surface area contributed by atoms with E-state index in [0.717, 1.165) is 12.8 Å². The fourth-order valence-electron chi connectivity index (χ4n) is 2.64. The molecule has 1 aliphatic carbocycles. The van der Waals surface area contributed by atoms with Crippen molar-refractivity contribution in [1.29, 1.82) is 0 Å². The van der Waals surface area contributed by atoms with Crippen LogP contribution in [0, 0.1) is 11.3 Å². The van der Waals surface area contributed by atoms with Gasteiger partial charge in [-0.3, -0.25) is 9.69 Å². The van der Waals surface area contributed by atoms with Crippen molar-refractivity contribution in [3.63, 3.8) is 0 Å². The van der Waals surface area contributed by atoms with Crippen molar-refractivity contribution in [2.45, 2.75) is 45.8 Å². The molecule has 0 bridgehead atoms. The third-order valence-electron chi connectivity index (χ3n) is 4.08. The molecule has 2 unspecified atom stereocenters. The van der Waals surface area contributed by atoms with E-state index in [1.807, 2.05) is 23.4 Å². The lowest BCUT2D eigenvalue weighted by Gasteiger charge is -2.31. The molecule has 2 atom stereocenters. The zero-order chi connectivity index (χ0) is 16.3. The second-order valence-electron chi connectivity index (χ2n) is 7.48. The first kappa shape index (κ1) is 17.4. The second-order valence-corrected chi connectivity index (χ2v) is 8.46. The van der Waals surface area contributed by atoms with Gasteiger partial charge in [0.25, 0.3) is 0 Å². The third-order valence-corrected chi connectivity index (χ3v) is 5.01. The van der Waals surface area contributed by atoms with Crippen LogP contribution in [-0.2, 0) is 4.79 Å². The van der Waals surface area contributed by atoms with Gasteiger partial charge < -0.3 is 10.4 Å². The van der Waals surface area contributed by atoms with Crippen LogP contribution in [0.3, 0.4) is 0 Å². The lowest BCUT2D eigenvalue weighted by Crippen LogP contribution is -2.43. The molecule has 0 aromatic carbocycles. The Bertz CT molecular complexity index is 477. The lowest BCUT2D eigenvalue weighted by atomic mass is 9.85. The van der Waals surface area contributed by atoms with Crippen LogP contribution < -0.4 is 5.32 Å². The van der Waals surface area contributed by atoms with E-state index in [2.05, 4.69) is 32.2 Å². The molecule has 0 aliphatic heterocycles. The van der Waals surface area contributed by atoms with Crippen molar-refractivity contribution >= 4 is 17.2 Å². The van der Waals surface area contributed by atoms with Crippen LogP contribution in [0.15, 0.2) is 17.5 Å². The predicted octanol–water partition coefficient (Wildman–Crippen LogP) is 2.65. The molecule has 0 saturated heterocycles. The number of aliphatic hydroxyl groups is 1. The first-order chi connectivity index (χ1) is 10.3. The van der Waals surface area contributed by atoms with Crippen LogP contribution in [0.25, 0.3) is 0 Å². The first-order valence-corrected chi connectivity index (χ1v) is 8.84. The summed E-state index contributed by atoms with van der Waals surface area (Å²) in [6, 6.07) is 4.10. The molecule has 2 N–H and O–H groups in total. The number of aliphatic hydroxyl groups excluding tert-OH is 1. The molecule has 1 saturated carbocycles. The molecule has 1 aliphatic rings. The zero-order valence-corrected chi connectivity index (χ0v) is 14.8. The van der Waals surface area contributed by atoms with Crippen LogP contribution in [0.5, 0.6) is 0 Å². The summed E-state index contributed by atoms with van der Waals surface area (Å²) in [5, 5.41) is 15.2. The average molecular weight is 324 g/mol. The van der Waals surface area contributed by atoms with Crippen LogP contribution >= 0.6 is 11.3 Å². The van der Waals surface area contributed by atoms with Crippen molar-refractivity contribution in [3.8, 4) is 0 Å². The minimum atomic E-state index is -0.298. The van der Waals surface area contributed by atoms with E-state index < -0.39 is 0 Å². The van der Waals surface area contributed by atoms with Crippen LogP contribution in [0.1, 0.15) is 44.5 Å². The highest BCUT2D eigenvalue weighted by Gasteiger charge is 2.31. The van der Waals surface area contributed by atoms with E-state index in [1.54, 1.807) is 11.3 Å². The molecule has 5 heteroatoms. The first-order valence-electron chi connectivity index (χ1n) is 7.96. The molecule has 1 aromatic heterocycles. The van der Waals surface area contributed by atoms with Crippen molar-refractivity contribution < 1.29 is 9.90 Å². The van der Waals surface area contributed by atoms with Gasteiger partial charge in [-0.2, -0.15) is 0 Å². The van der Waals surface area contributed by atoms with Crippen LogP contribution in [0.2, 0.25) is 0 Å². The Hall–Kier alpha value is -0.910. The van der Waals surface area contributed by atoms with E-state index in [4.69, 9.17) is 0 Å². The summed E-state index contributed by atoms with van der Waals surface area (Å²) in [5.74, 6) is 0.456. The number of amides is 1. The van der Waals surface area contributed by atoms with Gasteiger partial charge in [-0.25, -0.2) is 0 Å². The molecule has 1 fully saturated rings. The van der Waals surface area contributed by atoms with Crippen LogP contribution in [-0.4, -0.2) is 42.2 Å². The Kier molecular flexibility index (Phi) is 5.64. The van der Waals surface area contributed by atoms with Crippen molar-refractivity contribution in [3.05, 3.63) is 22.4 Å². The molecule has 0 radical (unpaired) electrons. The summed E-state index contributed by atoms with van der Waals surface area (Å²) in [6.45, 7) is 7.30. The number of nitrogens with zero attached hydrogens (tertiary/aromatic N) is 1. The van der Waals surface area contributed by atoms with Gasteiger partial charge in [-0.1, -0.05) is 26.8 Å². The Balaban J connectivity index is 1.88. The molecule has 0 spiro atoms. The lowest BCUT2D eigenvalue weighted by molar-refractivity contribution is -0.123. The normalized spacial score (nSPS) is 18.3. The number of likely N-dealkylation sites (N-methyl/N-ethyl adjacent to an activating group) is 1. The summed E-state index contributed by atoms with van der Waals surface area (Å²) in [6.07, 6.45) is 1.94. The maximum atomic E-state index is 12.3. The molecule has 22 heavy (non-hydrogen) atoms. The zero-order valence-electron chi connectivity index (χ0n) is 14.0. The van der Waals surface area contributed by atoms with Crippen molar-refractivity contribution in [2.75, 3.05) is 20.1 Å². The summed E-state index contributed by atoms with van der Waals surface area (Å²) in [5.41, 5.74) is -0.0351. The number of hydrogen-bond donors (Lipinski definition) is 2. The number of thiophene rings is 1. The van der Waals surface area contributed by atoms with Gasteiger partial charge in [0, 0.05) is 11.4 Å². The van der Waals surface area contributed by atoms with E-state index in [9.17, 15) is 9.90 Å². The number of hydrogen-bond acceptors (Lipinski definition) is 4. The van der Waals surface area contributed by atoms with Gasteiger partial charge in [-0.05, 0) is 42.7 Å². The van der Waals surface area contributed by atoms with Gasteiger partial charge in [0.05, 0.1) is 18.7 Å². The molecular formula is C17H28N2O2S. The van der Waals surface area contributed by atoms with E-state index in [1.165, 1.54) is 4.88 Å². The fraction of sp³-hybridized carbons (Fsp3) is 0.706. The third kappa shape index (κ3) is 5.07. The van der Waals surface area contributed by atoms with E-state index >= 15 is 0 Å². The minimum Gasteiger partial charge on any atom is -0.392 e. The highest BCUT2D eigenvalue weighted by atomic mass is 32.1. The molecule has 2 rings (SSSR count). The Labute approximate surface area is 137 Å². The van der Waals surface area contributed by atoms with Crippen molar-refractivity contribution in [1.82, 2.24) is 10.2 Å². The maximum Gasteiger partial charge on any atom is 0.234 e. The summed E-state index contributed by atoms with van der Waals surface area (Å²) in [4.78, 5) is 15.4. The summed E-state index contributed by atoms with van der Waals surface area (Å²) in [7, 11) is 1.89. The molecule has 1 amide bonds. The summed E-state index contributed by atoms with van der Waals surface area (Å²) >= 11 is 1.67. The van der Waals surface area contributed by atoms with Crippen molar-refractivity contribution in [2.24, 2.45) is 11.3 Å². The standard InChI is InChI=1S/C17H28N2O2S/c1-17(2,3)16(14-6-5-9-22-14)18-15(21)11-19(4)10-13(20)12-7-8-12/h5-6,9,12-13,16,20H,7-8,10-11H2,1-4H3,(H,18,21). The Morgan fingerprint density at radius 1 is 1.50 bits per heavy atom. The Morgan fingerprint density at radius 2 is 2.18 bits per heavy atom. The smallest absolute Gasteiger partial charge is 0.234 e. The quantitative estimate of drug-likeness (QED) is 0.811. The number of nitrogens with one attached hydrogen (secondary N) is 1. The van der Waals surface area contributed by atoms with Gasteiger partial charge in [0.15, 0.2) is 0 Å². The molecule has 4 nitrogen and oxygen atoms in total. The van der Waals surface area contributed by atoms with Gasteiger partial charge in [0.2, 0.25) is 5.91 Å². The number of rotatable bonds is 7. The molecule has 124 valence electrons. The van der Waals surface area contributed by atoms with Gasteiger partial charge >= 0.3 is 0 Å². The largest absolute Gasteiger partial charge is 0.392 e. The monoisotopic (exact) mass is 324 g/mol. The maximum absolute atomic E-state index is 12.3. The van der Waals surface area contributed by atoms with Gasteiger partial charge in [0.1, 0.15) is 0 Å². The number of carbonyl (C=O) groups excluding carboxylic acids is 1. The SMILES string of the molecule is CN(CC(=O)NC(c1cccs1)C(C)(C)C)CC(O)C1CC1. The highest BCUT2D eigenvalue weighted by Crippen LogP contribution is 2.35. The second kappa shape index (κ2) is 7.11. The molecular weight excluding hydrogens is 296 g/mol. The molecule has 1 heterocycles. The fourth-order valence-corrected chi connectivity index (χ4v) is 3.66. The van der Waals surface area contributed by atoms with E-state index in [0.29, 0.717) is 19.0 Å². The van der Waals surface area contributed by atoms with Gasteiger partial charge in [-0.15, -0.1) is 11.3 Å². The predicted molar refractivity (Wildman–Crippen MR) is 90.9 cm³/mol. The summed E-state index contributed by atoms with van der Waals surface area (Å²) < 4.78 is 0. The van der Waals surface area contributed by atoms with E-state index in [-0.39, 0.29) is 23.5 Å². The number of carbonyl (C=O) groups is 1. The Morgan fingerprint density at radius 3 is 2.68 bits per heavy atom. The topological polar surface area (TPSA) is 52.6 Å². The minimum absolute atomic E-state index is 0.0128. The highest BCUT2D eigenvalue weighted by molar-refractivity contribution is 7.10.